The lowest BCUT2D eigenvalue weighted by Gasteiger charge is -1.99. The Morgan fingerprint density at radius 1 is 1.27 bits per heavy atom. The Kier molecular flexibility index (Phi) is 2.60. The second-order valence-corrected chi connectivity index (χ2v) is 3.61. The minimum Gasteiger partial charge on any atom is -0.445 e. The van der Waals surface area contributed by atoms with Gasteiger partial charge in [-0.1, -0.05) is 18.2 Å². The zero-order valence-corrected chi connectivity index (χ0v) is 8.91. The lowest BCUT2D eigenvalue weighted by atomic mass is 10.1. The predicted molar refractivity (Wildman–Crippen MR) is 59.2 cm³/mol. The Bertz CT molecular complexity index is 500. The summed E-state index contributed by atoms with van der Waals surface area (Å²) in [5.74, 6) is 0.706. The third-order valence-corrected chi connectivity index (χ3v) is 2.33. The van der Waals surface area contributed by atoms with Crippen LogP contribution in [-0.4, -0.2) is 5.78 Å². The van der Waals surface area contributed by atoms with E-state index in [9.17, 15) is 4.79 Å². The van der Waals surface area contributed by atoms with Crippen LogP contribution >= 0.6 is 11.6 Å². The lowest BCUT2D eigenvalue weighted by Crippen LogP contribution is -1.91. The summed E-state index contributed by atoms with van der Waals surface area (Å²) in [6, 6.07) is 10.7. The molecule has 1 aromatic carbocycles. The maximum Gasteiger partial charge on any atom is 0.193 e. The molecule has 0 spiro atoms. The van der Waals surface area contributed by atoms with Gasteiger partial charge in [-0.15, -0.1) is 0 Å². The molecule has 0 aliphatic heterocycles. The molecule has 15 heavy (non-hydrogen) atoms. The monoisotopic (exact) mass is 220 g/mol. The van der Waals surface area contributed by atoms with Crippen LogP contribution in [-0.2, 0) is 0 Å². The molecule has 0 aliphatic carbocycles. The number of ketones is 1. The summed E-state index contributed by atoms with van der Waals surface area (Å²) >= 11 is 5.68. The summed E-state index contributed by atoms with van der Waals surface area (Å²) in [6.45, 7) is 1.54. The van der Waals surface area contributed by atoms with E-state index in [0.717, 1.165) is 5.56 Å². The van der Waals surface area contributed by atoms with E-state index < -0.39 is 0 Å². The smallest absolute Gasteiger partial charge is 0.193 e. The van der Waals surface area contributed by atoms with E-state index in [2.05, 4.69) is 0 Å². The van der Waals surface area contributed by atoms with E-state index in [1.165, 1.54) is 6.92 Å². The van der Waals surface area contributed by atoms with Crippen molar-refractivity contribution in [1.29, 1.82) is 0 Å². The van der Waals surface area contributed by atoms with Crippen LogP contribution in [0.4, 0.5) is 0 Å². The Hall–Kier alpha value is -1.54. The van der Waals surface area contributed by atoms with Gasteiger partial charge in [0.25, 0.3) is 0 Å². The van der Waals surface area contributed by atoms with Gasteiger partial charge in [0.15, 0.2) is 11.0 Å². The first kappa shape index (κ1) is 9.99. The Morgan fingerprint density at radius 2 is 2.07 bits per heavy atom. The zero-order valence-electron chi connectivity index (χ0n) is 8.16. The van der Waals surface area contributed by atoms with Crippen molar-refractivity contribution in [2.45, 2.75) is 6.92 Å². The third kappa shape index (κ3) is 2.10. The largest absolute Gasteiger partial charge is 0.445 e. The highest BCUT2D eigenvalue weighted by molar-refractivity contribution is 6.29. The first-order chi connectivity index (χ1) is 7.16. The molecule has 2 aromatic rings. The molecular formula is C12H9ClO2. The molecule has 0 fully saturated rings. The van der Waals surface area contributed by atoms with Crippen LogP contribution in [0.5, 0.6) is 0 Å². The first-order valence-corrected chi connectivity index (χ1v) is 4.91. The molecule has 76 valence electrons. The quantitative estimate of drug-likeness (QED) is 0.721. The number of halogens is 1. The molecular weight excluding hydrogens is 212 g/mol. The van der Waals surface area contributed by atoms with Gasteiger partial charge < -0.3 is 4.42 Å². The fraction of sp³-hybridized carbons (Fsp3) is 0.0833. The van der Waals surface area contributed by atoms with Gasteiger partial charge in [0.1, 0.15) is 5.76 Å². The van der Waals surface area contributed by atoms with Crippen LogP contribution in [0.2, 0.25) is 5.22 Å². The van der Waals surface area contributed by atoms with Gasteiger partial charge in [-0.2, -0.15) is 0 Å². The van der Waals surface area contributed by atoms with Crippen molar-refractivity contribution in [3.05, 3.63) is 47.2 Å². The molecule has 0 saturated heterocycles. The highest BCUT2D eigenvalue weighted by Crippen LogP contribution is 2.25. The molecule has 2 nitrogen and oxygen atoms in total. The summed E-state index contributed by atoms with van der Waals surface area (Å²) in [5, 5.41) is 0.346. The van der Waals surface area contributed by atoms with Crippen LogP contribution in [0.25, 0.3) is 11.3 Å². The van der Waals surface area contributed by atoms with Crippen LogP contribution in [0.1, 0.15) is 17.3 Å². The number of carbonyl (C=O) groups is 1. The number of Topliss-reactive ketones (excluding diaryl/α,β-unsaturated/α-hetero) is 1. The van der Waals surface area contributed by atoms with Crippen molar-refractivity contribution in [2.24, 2.45) is 0 Å². The van der Waals surface area contributed by atoms with E-state index >= 15 is 0 Å². The Labute approximate surface area is 92.5 Å². The maximum atomic E-state index is 11.2. The molecule has 0 bridgehead atoms. The molecule has 0 amide bonds. The highest BCUT2D eigenvalue weighted by atomic mass is 35.5. The van der Waals surface area contributed by atoms with Crippen molar-refractivity contribution >= 4 is 17.4 Å². The molecule has 3 heteroatoms. The van der Waals surface area contributed by atoms with Gasteiger partial charge in [0.05, 0.1) is 0 Å². The molecule has 0 aliphatic rings. The van der Waals surface area contributed by atoms with E-state index in [1.807, 2.05) is 12.1 Å². The predicted octanol–water partition coefficient (Wildman–Crippen LogP) is 3.80. The van der Waals surface area contributed by atoms with E-state index in [-0.39, 0.29) is 5.78 Å². The summed E-state index contributed by atoms with van der Waals surface area (Å²) in [7, 11) is 0. The van der Waals surface area contributed by atoms with Crippen LogP contribution < -0.4 is 0 Å². The molecule has 0 saturated carbocycles. The van der Waals surface area contributed by atoms with E-state index in [0.29, 0.717) is 16.5 Å². The van der Waals surface area contributed by atoms with Gasteiger partial charge in [-0.05, 0) is 36.7 Å². The van der Waals surface area contributed by atoms with Crippen molar-refractivity contribution in [3.8, 4) is 11.3 Å². The number of carbonyl (C=O) groups excluding carboxylic acids is 1. The standard InChI is InChI=1S/C12H9ClO2/c1-8(14)9-3-2-4-10(7-9)11-5-6-12(13)15-11/h2-7H,1H3. The number of hydrogen-bond acceptors (Lipinski definition) is 2. The highest BCUT2D eigenvalue weighted by Gasteiger charge is 2.05. The Balaban J connectivity index is 2.45. The van der Waals surface area contributed by atoms with Crippen LogP contribution in [0.3, 0.4) is 0 Å². The molecule has 2 rings (SSSR count). The summed E-state index contributed by atoms with van der Waals surface area (Å²) in [6.07, 6.45) is 0. The number of furan rings is 1. The average molecular weight is 221 g/mol. The summed E-state index contributed by atoms with van der Waals surface area (Å²) < 4.78 is 5.26. The topological polar surface area (TPSA) is 30.2 Å². The fourth-order valence-corrected chi connectivity index (χ4v) is 1.51. The first-order valence-electron chi connectivity index (χ1n) is 4.53. The minimum absolute atomic E-state index is 0.0366. The minimum atomic E-state index is 0.0366. The fourth-order valence-electron chi connectivity index (χ4n) is 1.36. The molecule has 0 radical (unpaired) electrons. The SMILES string of the molecule is CC(=O)c1cccc(-c2ccc(Cl)o2)c1. The number of benzene rings is 1. The summed E-state index contributed by atoms with van der Waals surface area (Å²) in [5.41, 5.74) is 1.52. The normalized spacial score (nSPS) is 10.3. The van der Waals surface area contributed by atoms with Gasteiger partial charge in [-0.25, -0.2) is 0 Å². The second kappa shape index (κ2) is 3.91. The summed E-state index contributed by atoms with van der Waals surface area (Å²) in [4.78, 5) is 11.2. The lowest BCUT2D eigenvalue weighted by molar-refractivity contribution is 0.101. The van der Waals surface area contributed by atoms with E-state index in [4.69, 9.17) is 16.0 Å². The van der Waals surface area contributed by atoms with Gasteiger partial charge in [0.2, 0.25) is 0 Å². The van der Waals surface area contributed by atoms with Crippen molar-refractivity contribution in [3.63, 3.8) is 0 Å². The average Bonchev–Trinajstić information content (AvgIpc) is 2.65. The molecule has 0 atom stereocenters. The molecule has 1 aromatic heterocycles. The molecule has 1 heterocycles. The van der Waals surface area contributed by atoms with Gasteiger partial charge >= 0.3 is 0 Å². The van der Waals surface area contributed by atoms with Gasteiger partial charge in [-0.3, -0.25) is 4.79 Å². The van der Waals surface area contributed by atoms with Gasteiger partial charge in [0, 0.05) is 11.1 Å². The van der Waals surface area contributed by atoms with Crippen LogP contribution in [0, 0.1) is 0 Å². The second-order valence-electron chi connectivity index (χ2n) is 3.24. The third-order valence-electron chi connectivity index (χ3n) is 2.13. The maximum absolute atomic E-state index is 11.2. The zero-order chi connectivity index (χ0) is 10.8. The van der Waals surface area contributed by atoms with Crippen molar-refractivity contribution < 1.29 is 9.21 Å². The number of rotatable bonds is 2. The molecule has 0 N–H and O–H groups in total. The Morgan fingerprint density at radius 3 is 2.67 bits per heavy atom. The number of hydrogen-bond donors (Lipinski definition) is 0. The van der Waals surface area contributed by atoms with Crippen molar-refractivity contribution in [2.75, 3.05) is 0 Å². The van der Waals surface area contributed by atoms with E-state index in [1.54, 1.807) is 24.3 Å². The molecule has 0 unspecified atom stereocenters. The van der Waals surface area contributed by atoms with Crippen molar-refractivity contribution in [1.82, 2.24) is 0 Å². The van der Waals surface area contributed by atoms with Crippen LogP contribution in [0.15, 0.2) is 40.8 Å².